The number of thiophene rings is 1. The first kappa shape index (κ1) is 29.6. The predicted octanol–water partition coefficient (Wildman–Crippen LogP) is 13.1. The van der Waals surface area contributed by atoms with Crippen molar-refractivity contribution >= 4 is 64.1 Å². The normalized spacial score (nSPS) is 12.1. The average molecular weight is 705 g/mol. The van der Waals surface area contributed by atoms with Gasteiger partial charge in [0.05, 0.1) is 11.0 Å². The molecule has 0 atom stereocenters. The Morgan fingerprint density at radius 3 is 1.69 bits per heavy atom. The minimum absolute atomic E-state index is 0.636. The zero-order valence-electron chi connectivity index (χ0n) is 28.9. The third kappa shape index (κ3) is 4.27. The van der Waals surface area contributed by atoms with Crippen LogP contribution in [0.2, 0.25) is 0 Å². The summed E-state index contributed by atoms with van der Waals surface area (Å²) in [5, 5.41) is 8.00. The molecule has 8 aromatic carbocycles. The van der Waals surface area contributed by atoms with Gasteiger partial charge in [0, 0.05) is 58.7 Å². The molecule has 4 nitrogen and oxygen atoms in total. The first-order valence-electron chi connectivity index (χ1n) is 18.2. The topological polar surface area (TPSA) is 43.6 Å². The number of benzene rings is 8. The fraction of sp³-hybridized carbons (Fsp3) is 0. The number of rotatable bonds is 5. The van der Waals surface area contributed by atoms with Crippen molar-refractivity contribution in [2.75, 3.05) is 0 Å². The summed E-state index contributed by atoms with van der Waals surface area (Å²) < 4.78 is 5.10. The second kappa shape index (κ2) is 11.3. The van der Waals surface area contributed by atoms with Crippen LogP contribution >= 0.6 is 11.3 Å². The fourth-order valence-corrected chi connectivity index (χ4v) is 9.72. The summed E-state index contributed by atoms with van der Waals surface area (Å²) in [5.41, 5.74) is 11.2. The molecule has 0 bridgehead atoms. The molecule has 11 aromatic rings. The summed E-state index contributed by atoms with van der Waals surface area (Å²) in [6, 6.07) is 60.5. The highest BCUT2D eigenvalue weighted by Gasteiger charge is 2.25. The SMILES string of the molecule is c1ccc(-c2ccc(-c3nc(-c4ccccc4)nc(-c4cccc(-n5c6cccc7c6c6c8c(ccc9sc%10cccc-7c%10c98)ccc65)c4)n3)cc2)cc1. The van der Waals surface area contributed by atoms with Crippen molar-refractivity contribution in [3.8, 4) is 62.1 Å². The molecule has 3 aromatic heterocycles. The van der Waals surface area contributed by atoms with Crippen molar-refractivity contribution < 1.29 is 0 Å². The van der Waals surface area contributed by atoms with Gasteiger partial charge in [-0.05, 0) is 64.0 Å². The van der Waals surface area contributed by atoms with E-state index in [1.165, 1.54) is 69.4 Å². The molecule has 0 amide bonds. The molecule has 0 unspecified atom stereocenters. The largest absolute Gasteiger partial charge is 0.309 e. The summed E-state index contributed by atoms with van der Waals surface area (Å²) >= 11 is 1.89. The first-order chi connectivity index (χ1) is 26.8. The van der Waals surface area contributed by atoms with Crippen LogP contribution in [-0.4, -0.2) is 19.5 Å². The van der Waals surface area contributed by atoms with E-state index in [4.69, 9.17) is 15.0 Å². The van der Waals surface area contributed by atoms with Crippen molar-refractivity contribution in [1.29, 1.82) is 0 Å². The Balaban J connectivity index is 1.07. The highest BCUT2D eigenvalue weighted by atomic mass is 32.1. The molecule has 0 N–H and O–H groups in total. The van der Waals surface area contributed by atoms with Crippen LogP contribution in [-0.2, 0) is 0 Å². The maximum atomic E-state index is 5.13. The molecule has 54 heavy (non-hydrogen) atoms. The van der Waals surface area contributed by atoms with Crippen molar-refractivity contribution in [2.24, 2.45) is 0 Å². The molecule has 0 radical (unpaired) electrons. The van der Waals surface area contributed by atoms with E-state index in [1.54, 1.807) is 0 Å². The third-order valence-electron chi connectivity index (χ3n) is 11.0. The molecule has 0 saturated heterocycles. The summed E-state index contributed by atoms with van der Waals surface area (Å²) in [6.07, 6.45) is 0. The lowest BCUT2D eigenvalue weighted by Crippen LogP contribution is -2.01. The van der Waals surface area contributed by atoms with E-state index in [0.29, 0.717) is 17.5 Å². The maximum Gasteiger partial charge on any atom is 0.164 e. The molecular formula is C49H28N4S. The van der Waals surface area contributed by atoms with Crippen molar-refractivity contribution in [1.82, 2.24) is 19.5 Å². The van der Waals surface area contributed by atoms with Crippen LogP contribution in [0.5, 0.6) is 0 Å². The van der Waals surface area contributed by atoms with E-state index in [0.717, 1.165) is 27.9 Å². The van der Waals surface area contributed by atoms with E-state index >= 15 is 0 Å². The highest BCUT2D eigenvalue weighted by molar-refractivity contribution is 7.26. The van der Waals surface area contributed by atoms with Gasteiger partial charge in [-0.25, -0.2) is 15.0 Å². The Morgan fingerprint density at radius 1 is 0.352 bits per heavy atom. The minimum Gasteiger partial charge on any atom is -0.309 e. The summed E-state index contributed by atoms with van der Waals surface area (Å²) in [4.78, 5) is 15.2. The Hall–Kier alpha value is -6.95. The summed E-state index contributed by atoms with van der Waals surface area (Å²) in [5.74, 6) is 1.92. The Morgan fingerprint density at radius 2 is 0.907 bits per heavy atom. The van der Waals surface area contributed by atoms with Crippen LogP contribution in [0.25, 0.3) is 115 Å². The van der Waals surface area contributed by atoms with Crippen LogP contribution in [0.15, 0.2) is 170 Å². The first-order valence-corrected chi connectivity index (χ1v) is 19.0. The van der Waals surface area contributed by atoms with E-state index in [-0.39, 0.29) is 0 Å². The molecule has 0 spiro atoms. The van der Waals surface area contributed by atoms with Gasteiger partial charge in [-0.2, -0.15) is 0 Å². The number of hydrogen-bond acceptors (Lipinski definition) is 4. The molecule has 0 saturated carbocycles. The summed E-state index contributed by atoms with van der Waals surface area (Å²) in [7, 11) is 0. The Labute approximate surface area is 314 Å². The summed E-state index contributed by atoms with van der Waals surface area (Å²) in [6.45, 7) is 0. The number of aromatic nitrogens is 4. The number of nitrogens with zero attached hydrogens (tertiary/aromatic N) is 4. The van der Waals surface area contributed by atoms with Crippen LogP contribution in [0.1, 0.15) is 0 Å². The fourth-order valence-electron chi connectivity index (χ4n) is 8.58. The lowest BCUT2D eigenvalue weighted by molar-refractivity contribution is 1.07. The van der Waals surface area contributed by atoms with E-state index in [2.05, 4.69) is 150 Å². The highest BCUT2D eigenvalue weighted by Crippen LogP contribution is 2.52. The standard InChI is InChI=1S/C49H28N4S/c1-3-10-29(11-4-1)30-20-22-33(23-21-30)48-50-47(32-12-5-2-6-13-32)51-49(52-48)34-14-7-15-35(28-34)53-38-18-8-16-36-37-17-9-19-40-44(37)46-41(54-40)27-25-31-24-26-39(53)45(42(31)46)43(36)38/h1-28H. The van der Waals surface area contributed by atoms with Gasteiger partial charge < -0.3 is 4.57 Å². The second-order valence-electron chi connectivity index (χ2n) is 14.0. The van der Waals surface area contributed by atoms with Crippen molar-refractivity contribution in [3.05, 3.63) is 170 Å². The van der Waals surface area contributed by atoms with Gasteiger partial charge >= 0.3 is 0 Å². The molecule has 1 aliphatic carbocycles. The monoisotopic (exact) mass is 704 g/mol. The zero-order valence-corrected chi connectivity index (χ0v) is 29.7. The molecule has 250 valence electrons. The molecule has 5 heteroatoms. The second-order valence-corrected chi connectivity index (χ2v) is 15.1. The quantitative estimate of drug-likeness (QED) is 0.179. The third-order valence-corrected chi connectivity index (χ3v) is 12.1. The van der Waals surface area contributed by atoms with Crippen LogP contribution < -0.4 is 0 Å². The van der Waals surface area contributed by atoms with Crippen LogP contribution in [0.3, 0.4) is 0 Å². The van der Waals surface area contributed by atoms with Crippen molar-refractivity contribution in [2.45, 2.75) is 0 Å². The van der Waals surface area contributed by atoms with Gasteiger partial charge in [0.2, 0.25) is 0 Å². The van der Waals surface area contributed by atoms with Crippen molar-refractivity contribution in [3.63, 3.8) is 0 Å². The Kier molecular flexibility index (Phi) is 6.18. The van der Waals surface area contributed by atoms with Gasteiger partial charge in [-0.3, -0.25) is 0 Å². The van der Waals surface area contributed by atoms with E-state index in [9.17, 15) is 0 Å². The molecular weight excluding hydrogens is 677 g/mol. The van der Waals surface area contributed by atoms with Gasteiger partial charge in [0.15, 0.2) is 17.5 Å². The zero-order chi connectivity index (χ0) is 35.3. The maximum absolute atomic E-state index is 5.13. The molecule has 1 aliphatic rings. The van der Waals surface area contributed by atoms with Crippen LogP contribution in [0, 0.1) is 0 Å². The van der Waals surface area contributed by atoms with Crippen LogP contribution in [0.4, 0.5) is 0 Å². The number of fused-ring (bicyclic) bond motifs is 1. The van der Waals surface area contributed by atoms with E-state index in [1.807, 2.05) is 35.6 Å². The van der Waals surface area contributed by atoms with Gasteiger partial charge in [0.25, 0.3) is 0 Å². The smallest absolute Gasteiger partial charge is 0.164 e. The lowest BCUT2D eigenvalue weighted by Gasteiger charge is -2.13. The Bertz CT molecular complexity index is 3310. The lowest BCUT2D eigenvalue weighted by atomic mass is 9.98. The molecule has 0 fully saturated rings. The van der Waals surface area contributed by atoms with Gasteiger partial charge in [-0.15, -0.1) is 11.3 Å². The van der Waals surface area contributed by atoms with Gasteiger partial charge in [0.1, 0.15) is 0 Å². The van der Waals surface area contributed by atoms with Gasteiger partial charge in [-0.1, -0.05) is 133 Å². The van der Waals surface area contributed by atoms with E-state index < -0.39 is 0 Å². The molecule has 0 aliphatic heterocycles. The molecule has 3 heterocycles. The minimum atomic E-state index is 0.636. The average Bonchev–Trinajstić information content (AvgIpc) is 3.76. The molecule has 12 rings (SSSR count). The predicted molar refractivity (Wildman–Crippen MR) is 225 cm³/mol. The number of hydrogen-bond donors (Lipinski definition) is 0.